The van der Waals surface area contributed by atoms with Gasteiger partial charge in [-0.1, -0.05) is 26.7 Å². The Kier molecular flexibility index (Phi) is 7.51. The molecule has 1 N–H and O–H groups in total. The topological polar surface area (TPSA) is 21.3 Å². The van der Waals surface area contributed by atoms with Gasteiger partial charge in [0.15, 0.2) is 0 Å². The number of likely N-dealkylation sites (N-methyl/N-ethyl adjacent to an activating group) is 1. The van der Waals surface area contributed by atoms with Crippen LogP contribution in [0.25, 0.3) is 0 Å². The largest absolute Gasteiger partial charge is 0.383 e. The lowest BCUT2D eigenvalue weighted by molar-refractivity contribution is 0.158. The van der Waals surface area contributed by atoms with Gasteiger partial charge >= 0.3 is 0 Å². The van der Waals surface area contributed by atoms with Crippen molar-refractivity contribution in [3.8, 4) is 0 Å². The first kappa shape index (κ1) is 11.9. The van der Waals surface area contributed by atoms with Gasteiger partial charge in [-0.15, -0.1) is 0 Å². The predicted octanol–water partition coefficient (Wildman–Crippen LogP) is 2.05. The highest BCUT2D eigenvalue weighted by atomic mass is 16.5. The van der Waals surface area contributed by atoms with Gasteiger partial charge < -0.3 is 10.1 Å². The van der Waals surface area contributed by atoms with Gasteiger partial charge in [0.2, 0.25) is 0 Å². The second kappa shape index (κ2) is 7.56. The Morgan fingerprint density at radius 3 is 2.50 bits per heavy atom. The Bertz CT molecular complexity index is 95.8. The second-order valence-corrected chi connectivity index (χ2v) is 3.57. The molecule has 0 aromatic heterocycles. The fourth-order valence-corrected chi connectivity index (χ4v) is 1.57. The van der Waals surface area contributed by atoms with Gasteiger partial charge in [-0.05, 0) is 19.4 Å². The summed E-state index contributed by atoms with van der Waals surface area (Å²) in [6.45, 7) is 5.37. The molecule has 0 amide bonds. The predicted molar refractivity (Wildman–Crippen MR) is 53.4 cm³/mol. The van der Waals surface area contributed by atoms with Gasteiger partial charge in [0, 0.05) is 13.2 Å². The maximum Gasteiger partial charge on any atom is 0.0615 e. The van der Waals surface area contributed by atoms with Crippen molar-refractivity contribution < 1.29 is 4.74 Å². The number of hydrogen-bond acceptors (Lipinski definition) is 2. The molecule has 0 aliphatic rings. The van der Waals surface area contributed by atoms with E-state index in [0.717, 1.165) is 12.5 Å². The van der Waals surface area contributed by atoms with E-state index in [1.165, 1.54) is 19.3 Å². The Hall–Kier alpha value is -0.0800. The van der Waals surface area contributed by atoms with Crippen molar-refractivity contribution in [3.05, 3.63) is 0 Å². The Morgan fingerprint density at radius 2 is 2.08 bits per heavy atom. The van der Waals surface area contributed by atoms with E-state index >= 15 is 0 Å². The molecule has 12 heavy (non-hydrogen) atoms. The normalized spacial score (nSPS) is 16.0. The smallest absolute Gasteiger partial charge is 0.0615 e. The third-order valence-electron chi connectivity index (χ3n) is 2.24. The van der Waals surface area contributed by atoms with Crippen molar-refractivity contribution in [2.45, 2.75) is 39.2 Å². The Morgan fingerprint density at radius 1 is 1.42 bits per heavy atom. The lowest BCUT2D eigenvalue weighted by atomic mass is 9.98. The molecule has 2 heteroatoms. The van der Waals surface area contributed by atoms with Crippen molar-refractivity contribution in [1.82, 2.24) is 5.32 Å². The van der Waals surface area contributed by atoms with Crippen molar-refractivity contribution in [2.75, 3.05) is 20.8 Å². The standard InChI is InChI=1S/C10H23NO/c1-5-6-9(2)7-10(11-3)8-12-4/h9-11H,5-8H2,1-4H3. The molecule has 74 valence electrons. The van der Waals surface area contributed by atoms with Gasteiger partial charge in [-0.3, -0.25) is 0 Å². The number of nitrogens with one attached hydrogen (secondary N) is 1. The minimum Gasteiger partial charge on any atom is -0.383 e. The van der Waals surface area contributed by atoms with Gasteiger partial charge in [0.05, 0.1) is 6.61 Å². The van der Waals surface area contributed by atoms with Gasteiger partial charge in [-0.2, -0.15) is 0 Å². The van der Waals surface area contributed by atoms with Crippen LogP contribution in [0.1, 0.15) is 33.1 Å². The van der Waals surface area contributed by atoms with Crippen LogP contribution in [-0.4, -0.2) is 26.8 Å². The van der Waals surface area contributed by atoms with Crippen molar-refractivity contribution >= 4 is 0 Å². The van der Waals surface area contributed by atoms with Crippen LogP contribution < -0.4 is 5.32 Å². The third kappa shape index (κ3) is 5.56. The monoisotopic (exact) mass is 173 g/mol. The van der Waals surface area contributed by atoms with Crippen LogP contribution in [0.3, 0.4) is 0 Å². The molecular formula is C10H23NO. The lowest BCUT2D eigenvalue weighted by Gasteiger charge is -2.19. The van der Waals surface area contributed by atoms with Gasteiger partial charge in [0.25, 0.3) is 0 Å². The molecule has 0 fully saturated rings. The average molecular weight is 173 g/mol. The number of methoxy groups -OCH3 is 1. The molecule has 0 rings (SSSR count). The van der Waals surface area contributed by atoms with Crippen LogP contribution in [0.15, 0.2) is 0 Å². The molecule has 0 saturated heterocycles. The summed E-state index contributed by atoms with van der Waals surface area (Å²) in [7, 11) is 3.76. The first-order valence-corrected chi connectivity index (χ1v) is 4.90. The molecule has 2 atom stereocenters. The van der Waals surface area contributed by atoms with Gasteiger partial charge in [0.1, 0.15) is 0 Å². The Balaban J connectivity index is 3.53. The highest BCUT2D eigenvalue weighted by molar-refractivity contribution is 4.67. The summed E-state index contributed by atoms with van der Waals surface area (Å²) in [4.78, 5) is 0. The molecule has 0 aromatic carbocycles. The summed E-state index contributed by atoms with van der Waals surface area (Å²) in [5.74, 6) is 0.808. The zero-order valence-corrected chi connectivity index (χ0v) is 8.89. The minimum atomic E-state index is 0.525. The first-order valence-electron chi connectivity index (χ1n) is 4.90. The zero-order chi connectivity index (χ0) is 9.40. The fourth-order valence-electron chi connectivity index (χ4n) is 1.57. The van der Waals surface area contributed by atoms with Crippen LogP contribution in [0, 0.1) is 5.92 Å². The van der Waals surface area contributed by atoms with Crippen LogP contribution in [0.2, 0.25) is 0 Å². The van der Waals surface area contributed by atoms with E-state index in [-0.39, 0.29) is 0 Å². The lowest BCUT2D eigenvalue weighted by Crippen LogP contribution is -2.31. The molecule has 0 aromatic rings. The minimum absolute atomic E-state index is 0.525. The van der Waals surface area contributed by atoms with E-state index in [1.54, 1.807) is 7.11 Å². The molecule has 0 spiro atoms. The van der Waals surface area contributed by atoms with E-state index in [2.05, 4.69) is 19.2 Å². The van der Waals surface area contributed by atoms with Crippen molar-refractivity contribution in [2.24, 2.45) is 5.92 Å². The molecule has 0 bridgehead atoms. The number of rotatable bonds is 7. The molecule has 0 aliphatic carbocycles. The zero-order valence-electron chi connectivity index (χ0n) is 8.89. The quantitative estimate of drug-likeness (QED) is 0.636. The van der Waals surface area contributed by atoms with Crippen LogP contribution in [0.5, 0.6) is 0 Å². The highest BCUT2D eigenvalue weighted by Gasteiger charge is 2.09. The molecule has 2 nitrogen and oxygen atoms in total. The summed E-state index contributed by atoms with van der Waals surface area (Å²) in [5, 5.41) is 3.27. The Labute approximate surface area is 76.7 Å². The average Bonchev–Trinajstić information content (AvgIpc) is 2.04. The molecule has 0 radical (unpaired) electrons. The van der Waals surface area contributed by atoms with E-state index < -0.39 is 0 Å². The van der Waals surface area contributed by atoms with E-state index in [4.69, 9.17) is 4.74 Å². The number of ether oxygens (including phenoxy) is 1. The SMILES string of the molecule is CCCC(C)CC(COC)NC. The molecule has 0 heterocycles. The second-order valence-electron chi connectivity index (χ2n) is 3.57. The van der Waals surface area contributed by atoms with E-state index in [0.29, 0.717) is 6.04 Å². The van der Waals surface area contributed by atoms with Crippen LogP contribution >= 0.6 is 0 Å². The van der Waals surface area contributed by atoms with Crippen molar-refractivity contribution in [1.29, 1.82) is 0 Å². The summed E-state index contributed by atoms with van der Waals surface area (Å²) >= 11 is 0. The maximum atomic E-state index is 5.11. The summed E-state index contributed by atoms with van der Waals surface area (Å²) in [5.41, 5.74) is 0. The van der Waals surface area contributed by atoms with Crippen LogP contribution in [-0.2, 0) is 4.74 Å². The van der Waals surface area contributed by atoms with Crippen molar-refractivity contribution in [3.63, 3.8) is 0 Å². The summed E-state index contributed by atoms with van der Waals surface area (Å²) < 4.78 is 5.11. The maximum absolute atomic E-state index is 5.11. The number of hydrogen-bond donors (Lipinski definition) is 1. The van der Waals surface area contributed by atoms with Gasteiger partial charge in [-0.25, -0.2) is 0 Å². The molecular weight excluding hydrogens is 150 g/mol. The van der Waals surface area contributed by atoms with Crippen LogP contribution in [0.4, 0.5) is 0 Å². The first-order chi connectivity index (χ1) is 5.74. The highest BCUT2D eigenvalue weighted by Crippen LogP contribution is 2.12. The molecule has 0 aliphatic heterocycles. The molecule has 2 unspecified atom stereocenters. The summed E-state index contributed by atoms with van der Waals surface area (Å²) in [6.07, 6.45) is 3.82. The third-order valence-corrected chi connectivity index (χ3v) is 2.24. The molecule has 0 saturated carbocycles. The fraction of sp³-hybridized carbons (Fsp3) is 1.00. The van der Waals surface area contributed by atoms with E-state index in [9.17, 15) is 0 Å². The summed E-state index contributed by atoms with van der Waals surface area (Å²) in [6, 6.07) is 0.525. The van der Waals surface area contributed by atoms with E-state index in [1.807, 2.05) is 7.05 Å².